The second kappa shape index (κ2) is 8.09. The van der Waals surface area contributed by atoms with Crippen LogP contribution in [0, 0.1) is 11.8 Å². The first kappa shape index (κ1) is 16.8. The summed E-state index contributed by atoms with van der Waals surface area (Å²) in [5.41, 5.74) is 8.23. The number of ether oxygens (including phenoxy) is 3. The normalized spacial score (nSPS) is 33.3. The van der Waals surface area contributed by atoms with Gasteiger partial charge in [0.05, 0.1) is 12.7 Å². The number of nitrogens with zero attached hydrogens (tertiary/aromatic N) is 3. The van der Waals surface area contributed by atoms with E-state index in [9.17, 15) is 4.79 Å². The van der Waals surface area contributed by atoms with Crippen LogP contribution in [0.15, 0.2) is 5.11 Å². The Labute approximate surface area is 119 Å². The summed E-state index contributed by atoms with van der Waals surface area (Å²) in [6, 6.07) is 0. The quantitative estimate of drug-likeness (QED) is 0.246. The van der Waals surface area contributed by atoms with E-state index in [0.29, 0.717) is 0 Å². The Morgan fingerprint density at radius 1 is 1.40 bits per heavy atom. The molecule has 0 aromatic carbocycles. The lowest BCUT2D eigenvalue weighted by Crippen LogP contribution is -2.52. The van der Waals surface area contributed by atoms with Crippen LogP contribution in [0.1, 0.15) is 34.1 Å². The van der Waals surface area contributed by atoms with Crippen LogP contribution in [0.5, 0.6) is 0 Å². The summed E-state index contributed by atoms with van der Waals surface area (Å²) in [7, 11) is 0. The summed E-state index contributed by atoms with van der Waals surface area (Å²) in [5.74, 6) is 0.0691. The Morgan fingerprint density at radius 3 is 2.65 bits per heavy atom. The molecule has 0 saturated carbocycles. The molecular weight excluding hydrogens is 262 g/mol. The molecule has 1 heterocycles. The van der Waals surface area contributed by atoms with Crippen LogP contribution in [-0.4, -0.2) is 37.6 Å². The van der Waals surface area contributed by atoms with E-state index in [0.717, 1.165) is 6.42 Å². The fraction of sp³-hybridized carbons (Fsp3) is 0.923. The summed E-state index contributed by atoms with van der Waals surface area (Å²) in [6.07, 6.45) is -0.101. The van der Waals surface area contributed by atoms with E-state index in [-0.39, 0.29) is 37.1 Å². The van der Waals surface area contributed by atoms with Crippen LogP contribution in [0.3, 0.4) is 0 Å². The predicted octanol–water partition coefficient (Wildman–Crippen LogP) is 2.65. The molecule has 1 rings (SSSR count). The molecule has 0 aromatic heterocycles. The molecule has 0 N–H and O–H groups in total. The highest BCUT2D eigenvalue weighted by Crippen LogP contribution is 2.34. The first-order valence-electron chi connectivity index (χ1n) is 6.96. The van der Waals surface area contributed by atoms with E-state index in [1.54, 1.807) is 0 Å². The van der Waals surface area contributed by atoms with Gasteiger partial charge in [0.1, 0.15) is 0 Å². The molecule has 0 amide bonds. The first-order valence-corrected chi connectivity index (χ1v) is 6.96. The number of hydrogen-bond acceptors (Lipinski definition) is 5. The lowest BCUT2D eigenvalue weighted by molar-refractivity contribution is -0.274. The molecule has 0 radical (unpaired) electrons. The van der Waals surface area contributed by atoms with E-state index in [1.807, 2.05) is 6.92 Å². The lowest BCUT2D eigenvalue weighted by atomic mass is 9.82. The smallest absolute Gasteiger partial charge is 0.303 e. The largest absolute Gasteiger partial charge is 0.457 e. The van der Waals surface area contributed by atoms with Gasteiger partial charge in [-0.25, -0.2) is 0 Å². The third kappa shape index (κ3) is 4.37. The maximum Gasteiger partial charge on any atom is 0.303 e. The van der Waals surface area contributed by atoms with Gasteiger partial charge in [0.15, 0.2) is 12.4 Å². The molecule has 114 valence electrons. The van der Waals surface area contributed by atoms with Crippen molar-refractivity contribution in [2.45, 2.75) is 52.6 Å². The maximum absolute atomic E-state index is 11.2. The average molecular weight is 285 g/mol. The highest BCUT2D eigenvalue weighted by molar-refractivity contribution is 5.66. The summed E-state index contributed by atoms with van der Waals surface area (Å²) in [6.45, 7) is 8.02. The van der Waals surface area contributed by atoms with Crippen LogP contribution in [0.25, 0.3) is 10.4 Å². The van der Waals surface area contributed by atoms with Gasteiger partial charge in [0.25, 0.3) is 0 Å². The Balaban J connectivity index is 2.72. The van der Waals surface area contributed by atoms with Gasteiger partial charge in [-0.15, -0.1) is 0 Å². The minimum atomic E-state index is -0.607. The predicted molar refractivity (Wildman–Crippen MR) is 72.8 cm³/mol. The first-order chi connectivity index (χ1) is 9.51. The molecule has 0 aromatic rings. The van der Waals surface area contributed by atoms with Crippen molar-refractivity contribution < 1.29 is 19.0 Å². The van der Waals surface area contributed by atoms with Gasteiger partial charge in [-0.05, 0) is 17.9 Å². The highest BCUT2D eigenvalue weighted by atomic mass is 16.7. The van der Waals surface area contributed by atoms with E-state index >= 15 is 0 Å². The lowest BCUT2D eigenvalue weighted by Gasteiger charge is -2.43. The van der Waals surface area contributed by atoms with Crippen molar-refractivity contribution >= 4 is 5.97 Å². The Morgan fingerprint density at radius 2 is 2.10 bits per heavy atom. The molecule has 20 heavy (non-hydrogen) atoms. The van der Waals surface area contributed by atoms with Crippen LogP contribution in [-0.2, 0) is 19.0 Å². The van der Waals surface area contributed by atoms with E-state index in [4.69, 9.17) is 19.7 Å². The van der Waals surface area contributed by atoms with Gasteiger partial charge in [-0.1, -0.05) is 25.9 Å². The molecule has 1 saturated heterocycles. The van der Waals surface area contributed by atoms with Gasteiger partial charge < -0.3 is 14.2 Å². The molecule has 0 bridgehead atoms. The van der Waals surface area contributed by atoms with Crippen molar-refractivity contribution in [3.05, 3.63) is 10.4 Å². The molecule has 0 spiro atoms. The standard InChI is InChI=1S/C13H23N3O4/c1-5-11-8(2)9(3)12(19-10(4)17)13(20-11)18-7-6-15-16-14/h8-9,11-13H,5-7H2,1-4H3/t8-,9-,11+,12+,13+/m1/s1. The van der Waals surface area contributed by atoms with Gasteiger partial charge in [0, 0.05) is 24.3 Å². The maximum atomic E-state index is 11.2. The number of azide groups is 1. The monoisotopic (exact) mass is 285 g/mol. The third-order valence-corrected chi connectivity index (χ3v) is 3.75. The summed E-state index contributed by atoms with van der Waals surface area (Å²) >= 11 is 0. The number of rotatable bonds is 6. The van der Waals surface area contributed by atoms with Crippen molar-refractivity contribution in [3.63, 3.8) is 0 Å². The van der Waals surface area contributed by atoms with E-state index in [2.05, 4.69) is 23.9 Å². The Kier molecular flexibility index (Phi) is 6.78. The second-order valence-electron chi connectivity index (χ2n) is 5.07. The molecule has 5 atom stereocenters. The van der Waals surface area contributed by atoms with Crippen LogP contribution in [0.2, 0.25) is 0 Å². The SMILES string of the molecule is CC[C@@H]1O[C@H](OCCN=[N+]=[N-])[C@@H](OC(C)=O)[C@H](C)[C@H]1C. The van der Waals surface area contributed by atoms with Crippen LogP contribution in [0.4, 0.5) is 0 Å². The van der Waals surface area contributed by atoms with Gasteiger partial charge in [0.2, 0.25) is 0 Å². The van der Waals surface area contributed by atoms with Crippen molar-refractivity contribution in [2.75, 3.05) is 13.2 Å². The molecular formula is C13H23N3O4. The van der Waals surface area contributed by atoms with Crippen LogP contribution >= 0.6 is 0 Å². The zero-order valence-corrected chi connectivity index (χ0v) is 12.5. The summed E-state index contributed by atoms with van der Waals surface area (Å²) < 4.78 is 16.8. The Hall–Kier alpha value is -1.30. The fourth-order valence-corrected chi connectivity index (χ4v) is 2.47. The van der Waals surface area contributed by atoms with Gasteiger partial charge in [-0.2, -0.15) is 0 Å². The molecule has 1 fully saturated rings. The Bertz CT molecular complexity index is 371. The third-order valence-electron chi connectivity index (χ3n) is 3.75. The number of carbonyl (C=O) groups is 1. The van der Waals surface area contributed by atoms with Crippen molar-refractivity contribution in [1.29, 1.82) is 0 Å². The number of esters is 1. The van der Waals surface area contributed by atoms with E-state index in [1.165, 1.54) is 6.92 Å². The topological polar surface area (TPSA) is 93.5 Å². The minimum absolute atomic E-state index is 0.0706. The zero-order chi connectivity index (χ0) is 15.1. The van der Waals surface area contributed by atoms with Gasteiger partial charge >= 0.3 is 5.97 Å². The molecule has 7 heteroatoms. The summed E-state index contributed by atoms with van der Waals surface area (Å²) in [5, 5.41) is 3.41. The highest BCUT2D eigenvalue weighted by Gasteiger charge is 2.43. The number of carbonyl (C=O) groups excluding carboxylic acids is 1. The zero-order valence-electron chi connectivity index (χ0n) is 12.5. The second-order valence-corrected chi connectivity index (χ2v) is 5.07. The number of hydrogen-bond donors (Lipinski definition) is 0. The van der Waals surface area contributed by atoms with Crippen molar-refractivity contribution in [3.8, 4) is 0 Å². The van der Waals surface area contributed by atoms with E-state index < -0.39 is 12.4 Å². The molecule has 1 aliphatic heterocycles. The average Bonchev–Trinajstić information content (AvgIpc) is 2.41. The molecule has 0 unspecified atom stereocenters. The fourth-order valence-electron chi connectivity index (χ4n) is 2.47. The molecule has 1 aliphatic rings. The van der Waals surface area contributed by atoms with Crippen molar-refractivity contribution in [2.24, 2.45) is 17.0 Å². The van der Waals surface area contributed by atoms with Gasteiger partial charge in [-0.3, -0.25) is 4.79 Å². The summed E-state index contributed by atoms with van der Waals surface area (Å²) in [4.78, 5) is 13.9. The minimum Gasteiger partial charge on any atom is -0.457 e. The molecule has 7 nitrogen and oxygen atoms in total. The van der Waals surface area contributed by atoms with Crippen molar-refractivity contribution in [1.82, 2.24) is 0 Å². The van der Waals surface area contributed by atoms with Crippen LogP contribution < -0.4 is 0 Å². The molecule has 0 aliphatic carbocycles.